The van der Waals surface area contributed by atoms with Gasteiger partial charge >= 0.3 is 6.09 Å². The Morgan fingerprint density at radius 2 is 1.67 bits per heavy atom. The molecule has 1 atom stereocenters. The van der Waals surface area contributed by atoms with Crippen LogP contribution in [0.2, 0.25) is 0 Å². The van der Waals surface area contributed by atoms with Crippen LogP contribution in [0.25, 0.3) is 0 Å². The molecule has 224 valence electrons. The first-order chi connectivity index (χ1) is 18.6. The van der Waals surface area contributed by atoms with Gasteiger partial charge in [-0.3, -0.25) is 4.79 Å². The van der Waals surface area contributed by atoms with Crippen LogP contribution in [0, 0.1) is 0 Å². The SMILES string of the molecule is CC(C)NCC(O)COc1ccccc1CCCSCC(=O)NCCOCCOCCNC(=O)OC(C)(C)C. The lowest BCUT2D eigenvalue weighted by Gasteiger charge is -2.19. The van der Waals surface area contributed by atoms with Gasteiger partial charge in [-0.1, -0.05) is 32.0 Å². The van der Waals surface area contributed by atoms with E-state index in [0.29, 0.717) is 57.9 Å². The molecule has 1 aromatic carbocycles. The summed E-state index contributed by atoms with van der Waals surface area (Å²) in [5, 5.41) is 18.7. The highest BCUT2D eigenvalue weighted by Crippen LogP contribution is 2.20. The third-order valence-electron chi connectivity index (χ3n) is 4.99. The van der Waals surface area contributed by atoms with E-state index < -0.39 is 17.8 Å². The molecule has 0 aliphatic carbocycles. The molecule has 39 heavy (non-hydrogen) atoms. The Morgan fingerprint density at radius 3 is 2.33 bits per heavy atom. The lowest BCUT2D eigenvalue weighted by molar-refractivity contribution is -0.118. The number of carbonyl (C=O) groups is 2. The van der Waals surface area contributed by atoms with Crippen molar-refractivity contribution >= 4 is 23.8 Å². The smallest absolute Gasteiger partial charge is 0.407 e. The van der Waals surface area contributed by atoms with Gasteiger partial charge in [-0.2, -0.15) is 11.8 Å². The molecule has 0 radical (unpaired) electrons. The van der Waals surface area contributed by atoms with E-state index in [-0.39, 0.29) is 12.5 Å². The number of benzene rings is 1. The average Bonchev–Trinajstić information content (AvgIpc) is 2.86. The molecule has 0 aliphatic heterocycles. The number of para-hydroxylation sites is 1. The number of ether oxygens (including phenoxy) is 4. The highest BCUT2D eigenvalue weighted by molar-refractivity contribution is 7.99. The Hall–Kier alpha value is -2.05. The fraction of sp³-hybridized carbons (Fsp3) is 0.714. The van der Waals surface area contributed by atoms with E-state index in [0.717, 1.165) is 29.9 Å². The molecule has 0 heterocycles. The largest absolute Gasteiger partial charge is 0.491 e. The van der Waals surface area contributed by atoms with Crippen LogP contribution in [-0.4, -0.2) is 99.0 Å². The summed E-state index contributed by atoms with van der Waals surface area (Å²) < 4.78 is 21.8. The van der Waals surface area contributed by atoms with Crippen molar-refractivity contribution in [3.63, 3.8) is 0 Å². The predicted octanol–water partition coefficient (Wildman–Crippen LogP) is 2.76. The summed E-state index contributed by atoms with van der Waals surface area (Å²) in [5.41, 5.74) is 0.583. The molecule has 0 fully saturated rings. The van der Waals surface area contributed by atoms with Crippen molar-refractivity contribution in [3.8, 4) is 5.75 Å². The van der Waals surface area contributed by atoms with Crippen LogP contribution in [0.3, 0.4) is 0 Å². The van der Waals surface area contributed by atoms with Crippen molar-refractivity contribution in [3.05, 3.63) is 29.8 Å². The summed E-state index contributed by atoms with van der Waals surface area (Å²) in [5.74, 6) is 2.05. The first-order valence-electron chi connectivity index (χ1n) is 13.7. The fourth-order valence-electron chi connectivity index (χ4n) is 3.17. The third-order valence-corrected chi connectivity index (χ3v) is 6.03. The zero-order valence-corrected chi connectivity index (χ0v) is 25.1. The zero-order valence-electron chi connectivity index (χ0n) is 24.3. The lowest BCUT2D eigenvalue weighted by atomic mass is 10.1. The quantitative estimate of drug-likeness (QED) is 0.165. The molecule has 1 rings (SSSR count). The van der Waals surface area contributed by atoms with Crippen LogP contribution in [0.5, 0.6) is 5.75 Å². The minimum atomic E-state index is -0.562. The van der Waals surface area contributed by atoms with Crippen molar-refractivity contribution in [2.75, 3.05) is 64.2 Å². The average molecular weight is 572 g/mol. The van der Waals surface area contributed by atoms with Gasteiger partial charge in [-0.05, 0) is 51.0 Å². The van der Waals surface area contributed by atoms with Crippen LogP contribution in [0.4, 0.5) is 4.79 Å². The number of hydrogen-bond acceptors (Lipinski definition) is 9. The van der Waals surface area contributed by atoms with Crippen molar-refractivity contribution in [1.29, 1.82) is 0 Å². The number of carbonyl (C=O) groups excluding carboxylic acids is 2. The van der Waals surface area contributed by atoms with E-state index in [9.17, 15) is 14.7 Å². The Bertz CT molecular complexity index is 806. The molecule has 4 N–H and O–H groups in total. The summed E-state index contributed by atoms with van der Waals surface area (Å²) in [7, 11) is 0. The van der Waals surface area contributed by atoms with E-state index in [2.05, 4.69) is 16.0 Å². The number of amides is 2. The number of aryl methyl sites for hydroxylation is 1. The van der Waals surface area contributed by atoms with Crippen LogP contribution in [0.15, 0.2) is 24.3 Å². The minimum Gasteiger partial charge on any atom is -0.491 e. The first kappa shape index (κ1) is 35.0. The van der Waals surface area contributed by atoms with Gasteiger partial charge in [-0.25, -0.2) is 4.79 Å². The highest BCUT2D eigenvalue weighted by atomic mass is 32.2. The number of thioether (sulfide) groups is 1. The first-order valence-corrected chi connectivity index (χ1v) is 14.8. The van der Waals surface area contributed by atoms with E-state index in [1.807, 2.05) is 58.9 Å². The van der Waals surface area contributed by atoms with Crippen LogP contribution >= 0.6 is 11.8 Å². The molecule has 0 saturated carbocycles. The molecule has 0 saturated heterocycles. The standard InChI is InChI=1S/C28H49N3O7S/c1-22(2)31-19-24(32)20-37-25-11-7-6-9-23(25)10-8-18-39-21-26(33)29-12-14-35-16-17-36-15-13-30-27(34)38-28(3,4)5/h6-7,9,11,22,24,31-32H,8,10,12-21H2,1-5H3,(H,29,33)(H,30,34). The molecule has 11 heteroatoms. The van der Waals surface area contributed by atoms with Gasteiger partial charge < -0.3 is 40.0 Å². The normalized spacial score (nSPS) is 12.3. The second-order valence-electron chi connectivity index (χ2n) is 10.3. The number of aliphatic hydroxyl groups excluding tert-OH is 1. The Balaban J connectivity index is 2.02. The van der Waals surface area contributed by atoms with Crippen LogP contribution < -0.4 is 20.7 Å². The van der Waals surface area contributed by atoms with Gasteiger partial charge in [0.25, 0.3) is 0 Å². The maximum absolute atomic E-state index is 12.0. The maximum Gasteiger partial charge on any atom is 0.407 e. The molecule has 10 nitrogen and oxygen atoms in total. The van der Waals surface area contributed by atoms with Crippen LogP contribution in [-0.2, 0) is 25.4 Å². The second kappa shape index (κ2) is 20.8. The Labute approximate surface area is 238 Å². The molecule has 0 bridgehead atoms. The summed E-state index contributed by atoms with van der Waals surface area (Å²) >= 11 is 1.60. The third kappa shape index (κ3) is 20.5. The Kier molecular flexibility index (Phi) is 18.7. The zero-order chi connectivity index (χ0) is 28.9. The summed E-state index contributed by atoms with van der Waals surface area (Å²) in [6.07, 6.45) is 0.742. The van der Waals surface area contributed by atoms with Gasteiger partial charge in [0.15, 0.2) is 0 Å². The monoisotopic (exact) mass is 571 g/mol. The second-order valence-corrected chi connectivity index (χ2v) is 11.4. The van der Waals surface area contributed by atoms with Gasteiger partial charge in [-0.15, -0.1) is 0 Å². The topological polar surface area (TPSA) is 127 Å². The van der Waals surface area contributed by atoms with Crippen molar-refractivity contribution in [2.24, 2.45) is 0 Å². The molecule has 0 spiro atoms. The highest BCUT2D eigenvalue weighted by Gasteiger charge is 2.15. The summed E-state index contributed by atoms with van der Waals surface area (Å²) in [6, 6.07) is 8.20. The molecular weight excluding hydrogens is 522 g/mol. The number of nitrogens with one attached hydrogen (secondary N) is 3. The van der Waals surface area contributed by atoms with E-state index >= 15 is 0 Å². The van der Waals surface area contributed by atoms with Gasteiger partial charge in [0.2, 0.25) is 5.91 Å². The summed E-state index contributed by atoms with van der Waals surface area (Å²) in [4.78, 5) is 23.5. The molecule has 2 amide bonds. The molecule has 1 unspecified atom stereocenters. The van der Waals surface area contributed by atoms with E-state index in [1.165, 1.54) is 0 Å². The van der Waals surface area contributed by atoms with Crippen molar-refractivity contribution in [2.45, 2.75) is 65.2 Å². The number of rotatable bonds is 21. The summed E-state index contributed by atoms with van der Waals surface area (Å²) in [6.45, 7) is 12.7. The Morgan fingerprint density at radius 1 is 1.00 bits per heavy atom. The van der Waals surface area contributed by atoms with E-state index in [1.54, 1.807) is 11.8 Å². The number of aliphatic hydroxyl groups is 1. The maximum atomic E-state index is 12.0. The van der Waals surface area contributed by atoms with Crippen molar-refractivity contribution in [1.82, 2.24) is 16.0 Å². The van der Waals surface area contributed by atoms with Gasteiger partial charge in [0, 0.05) is 25.7 Å². The fourth-order valence-corrected chi connectivity index (χ4v) is 3.95. The molecular formula is C28H49N3O7S. The lowest BCUT2D eigenvalue weighted by Crippen LogP contribution is -2.35. The van der Waals surface area contributed by atoms with E-state index in [4.69, 9.17) is 18.9 Å². The molecule has 0 aliphatic rings. The predicted molar refractivity (Wildman–Crippen MR) is 156 cm³/mol. The number of alkyl carbamates (subject to hydrolysis) is 1. The van der Waals surface area contributed by atoms with Gasteiger partial charge in [0.05, 0.1) is 32.2 Å². The van der Waals surface area contributed by atoms with Crippen molar-refractivity contribution < 1.29 is 33.6 Å². The van der Waals surface area contributed by atoms with Gasteiger partial charge in [0.1, 0.15) is 24.1 Å². The number of hydrogen-bond donors (Lipinski definition) is 4. The minimum absolute atomic E-state index is 0.0132. The molecule has 0 aromatic heterocycles. The molecule has 1 aromatic rings. The van der Waals surface area contributed by atoms with Crippen LogP contribution in [0.1, 0.15) is 46.6 Å².